The summed E-state index contributed by atoms with van der Waals surface area (Å²) >= 11 is 0. The van der Waals surface area contributed by atoms with Crippen molar-refractivity contribution >= 4 is 0 Å². The van der Waals surface area contributed by atoms with Gasteiger partial charge in [-0.25, -0.2) is 0 Å². The highest BCUT2D eigenvalue weighted by molar-refractivity contribution is 5.31. The molecule has 5 heteroatoms. The van der Waals surface area contributed by atoms with Gasteiger partial charge in [-0.05, 0) is 38.0 Å². The van der Waals surface area contributed by atoms with Crippen LogP contribution < -0.4 is 10.5 Å². The molecule has 0 aromatic heterocycles. The van der Waals surface area contributed by atoms with Crippen LogP contribution in [0.25, 0.3) is 0 Å². The molecule has 3 nitrogen and oxygen atoms in total. The maximum absolute atomic E-state index is 12.0. The number of hydrogen-bond donors (Lipinski definition) is 2. The molecular formula is C13H19F2NO2. The number of rotatable bonds is 6. The van der Waals surface area contributed by atoms with Crippen LogP contribution in [0.3, 0.4) is 0 Å². The third-order valence-electron chi connectivity index (χ3n) is 2.82. The Balaban J connectivity index is 2.87. The highest BCUT2D eigenvalue weighted by Crippen LogP contribution is 2.30. The van der Waals surface area contributed by atoms with Crippen LogP contribution in [0.1, 0.15) is 31.7 Å². The SMILES string of the molecule is CC(C)(N)C(CCO)c1ccc(OC(F)F)cc1. The summed E-state index contributed by atoms with van der Waals surface area (Å²) in [7, 11) is 0. The van der Waals surface area contributed by atoms with Gasteiger partial charge in [0.05, 0.1) is 0 Å². The van der Waals surface area contributed by atoms with Crippen LogP contribution in [0, 0.1) is 0 Å². The summed E-state index contributed by atoms with van der Waals surface area (Å²) in [5, 5.41) is 9.06. The van der Waals surface area contributed by atoms with Gasteiger partial charge in [0.25, 0.3) is 0 Å². The van der Waals surface area contributed by atoms with Gasteiger partial charge in [0, 0.05) is 18.1 Å². The first-order valence-electron chi connectivity index (χ1n) is 5.79. The van der Waals surface area contributed by atoms with Gasteiger partial charge in [0.2, 0.25) is 0 Å². The van der Waals surface area contributed by atoms with Crippen LogP contribution in [0.15, 0.2) is 24.3 Å². The zero-order chi connectivity index (χ0) is 13.8. The Hall–Kier alpha value is -1.20. The van der Waals surface area contributed by atoms with E-state index in [1.54, 1.807) is 12.1 Å². The van der Waals surface area contributed by atoms with Gasteiger partial charge in [0.1, 0.15) is 5.75 Å². The Kier molecular flexibility index (Phi) is 5.04. The van der Waals surface area contributed by atoms with Crippen molar-refractivity contribution in [2.24, 2.45) is 5.73 Å². The first-order chi connectivity index (χ1) is 8.34. The summed E-state index contributed by atoms with van der Waals surface area (Å²) in [4.78, 5) is 0. The normalized spacial score (nSPS) is 13.7. The number of hydrogen-bond acceptors (Lipinski definition) is 3. The molecule has 102 valence electrons. The molecule has 0 bridgehead atoms. The number of alkyl halides is 2. The predicted octanol–water partition coefficient (Wildman–Crippen LogP) is 2.49. The zero-order valence-corrected chi connectivity index (χ0v) is 10.6. The molecule has 1 rings (SSSR count). The van der Waals surface area contributed by atoms with Crippen molar-refractivity contribution in [2.75, 3.05) is 6.61 Å². The Morgan fingerprint density at radius 2 is 1.83 bits per heavy atom. The van der Waals surface area contributed by atoms with Crippen molar-refractivity contribution in [3.05, 3.63) is 29.8 Å². The average Bonchev–Trinajstić information content (AvgIpc) is 2.25. The summed E-state index contributed by atoms with van der Waals surface area (Å²) in [5.74, 6) is 0.0782. The zero-order valence-electron chi connectivity index (χ0n) is 10.6. The first-order valence-corrected chi connectivity index (χ1v) is 5.79. The maximum Gasteiger partial charge on any atom is 0.387 e. The molecule has 0 radical (unpaired) electrons. The van der Waals surface area contributed by atoms with E-state index in [0.717, 1.165) is 5.56 Å². The Bertz CT molecular complexity index is 360. The fourth-order valence-corrected chi connectivity index (χ4v) is 1.98. The lowest BCUT2D eigenvalue weighted by atomic mass is 9.80. The first kappa shape index (κ1) is 14.9. The number of nitrogens with two attached hydrogens (primary N) is 1. The third kappa shape index (κ3) is 4.23. The molecule has 1 unspecified atom stereocenters. The lowest BCUT2D eigenvalue weighted by Crippen LogP contribution is -2.39. The predicted molar refractivity (Wildman–Crippen MR) is 65.8 cm³/mol. The third-order valence-corrected chi connectivity index (χ3v) is 2.82. The molecule has 0 aliphatic rings. The highest BCUT2D eigenvalue weighted by atomic mass is 19.3. The minimum absolute atomic E-state index is 0.0284. The smallest absolute Gasteiger partial charge is 0.387 e. The van der Waals surface area contributed by atoms with E-state index in [-0.39, 0.29) is 18.3 Å². The molecule has 0 saturated heterocycles. The van der Waals surface area contributed by atoms with Gasteiger partial charge in [-0.15, -0.1) is 0 Å². The summed E-state index contributed by atoms with van der Waals surface area (Å²) in [5.41, 5.74) is 6.46. The number of aliphatic hydroxyl groups excluding tert-OH is 1. The number of aliphatic hydroxyl groups is 1. The molecule has 0 saturated carbocycles. The van der Waals surface area contributed by atoms with Gasteiger partial charge in [0.15, 0.2) is 0 Å². The van der Waals surface area contributed by atoms with Gasteiger partial charge in [-0.1, -0.05) is 12.1 Å². The van der Waals surface area contributed by atoms with Crippen molar-refractivity contribution in [2.45, 2.75) is 38.3 Å². The summed E-state index contributed by atoms with van der Waals surface area (Å²) in [6.07, 6.45) is 0.526. The van der Waals surface area contributed by atoms with Crippen molar-refractivity contribution in [3.63, 3.8) is 0 Å². The molecule has 0 fully saturated rings. The van der Waals surface area contributed by atoms with Gasteiger partial charge >= 0.3 is 6.61 Å². The van der Waals surface area contributed by atoms with Gasteiger partial charge in [-0.2, -0.15) is 8.78 Å². The highest BCUT2D eigenvalue weighted by Gasteiger charge is 2.26. The molecule has 1 aromatic carbocycles. The Morgan fingerprint density at radius 3 is 2.22 bits per heavy atom. The molecule has 0 aliphatic carbocycles. The van der Waals surface area contributed by atoms with Crippen LogP contribution in [-0.2, 0) is 0 Å². The van der Waals surface area contributed by atoms with E-state index in [4.69, 9.17) is 10.8 Å². The van der Waals surface area contributed by atoms with E-state index in [0.29, 0.717) is 6.42 Å². The van der Waals surface area contributed by atoms with Crippen LogP contribution in [0.4, 0.5) is 8.78 Å². The lowest BCUT2D eigenvalue weighted by molar-refractivity contribution is -0.0498. The van der Waals surface area contributed by atoms with E-state index in [1.807, 2.05) is 13.8 Å². The molecule has 1 atom stereocenters. The largest absolute Gasteiger partial charge is 0.435 e. The van der Waals surface area contributed by atoms with E-state index < -0.39 is 12.2 Å². The quantitative estimate of drug-likeness (QED) is 0.825. The topological polar surface area (TPSA) is 55.5 Å². The van der Waals surface area contributed by atoms with Gasteiger partial charge < -0.3 is 15.6 Å². The number of benzene rings is 1. The van der Waals surface area contributed by atoms with Crippen molar-refractivity contribution < 1.29 is 18.6 Å². The van der Waals surface area contributed by atoms with E-state index in [1.165, 1.54) is 12.1 Å². The van der Waals surface area contributed by atoms with Crippen LogP contribution in [0.2, 0.25) is 0 Å². The average molecular weight is 259 g/mol. The summed E-state index contributed by atoms with van der Waals surface area (Å²) in [6, 6.07) is 6.37. The molecule has 3 N–H and O–H groups in total. The molecule has 18 heavy (non-hydrogen) atoms. The second-order valence-corrected chi connectivity index (χ2v) is 4.83. The molecular weight excluding hydrogens is 240 g/mol. The molecule has 0 heterocycles. The van der Waals surface area contributed by atoms with E-state index >= 15 is 0 Å². The fourth-order valence-electron chi connectivity index (χ4n) is 1.98. The second kappa shape index (κ2) is 6.11. The summed E-state index contributed by atoms with van der Waals surface area (Å²) < 4.78 is 28.3. The molecule has 1 aromatic rings. The molecule has 0 spiro atoms. The molecule has 0 aliphatic heterocycles. The second-order valence-electron chi connectivity index (χ2n) is 4.83. The van der Waals surface area contributed by atoms with Crippen LogP contribution in [0.5, 0.6) is 5.75 Å². The van der Waals surface area contributed by atoms with Crippen LogP contribution >= 0.6 is 0 Å². The standard InChI is InChI=1S/C13H19F2NO2/c1-13(2,16)11(7-8-17)9-3-5-10(6-4-9)18-12(14)15/h3-6,11-12,17H,7-8,16H2,1-2H3. The monoisotopic (exact) mass is 259 g/mol. The fraction of sp³-hybridized carbons (Fsp3) is 0.538. The van der Waals surface area contributed by atoms with Crippen LogP contribution in [-0.4, -0.2) is 23.9 Å². The van der Waals surface area contributed by atoms with Crippen molar-refractivity contribution in [1.82, 2.24) is 0 Å². The molecule has 0 amide bonds. The van der Waals surface area contributed by atoms with Crippen molar-refractivity contribution in [1.29, 1.82) is 0 Å². The number of halogens is 2. The maximum atomic E-state index is 12.0. The Labute approximate surface area is 106 Å². The number of ether oxygens (including phenoxy) is 1. The summed E-state index contributed by atoms with van der Waals surface area (Å²) in [6.45, 7) is 0.948. The minimum atomic E-state index is -2.82. The lowest BCUT2D eigenvalue weighted by Gasteiger charge is -2.30. The minimum Gasteiger partial charge on any atom is -0.435 e. The van der Waals surface area contributed by atoms with E-state index in [2.05, 4.69) is 4.74 Å². The van der Waals surface area contributed by atoms with E-state index in [9.17, 15) is 8.78 Å². The van der Waals surface area contributed by atoms with Gasteiger partial charge in [-0.3, -0.25) is 0 Å². The van der Waals surface area contributed by atoms with Crippen molar-refractivity contribution in [3.8, 4) is 5.75 Å². The Morgan fingerprint density at radius 1 is 1.28 bits per heavy atom.